The number of hydrogen-bond acceptors (Lipinski definition) is 6. The number of fused-ring (bicyclic) bond motifs is 4. The summed E-state index contributed by atoms with van der Waals surface area (Å²) in [5.41, 5.74) is 13.3. The number of aromatic nitrogens is 4. The third-order valence-corrected chi connectivity index (χ3v) is 10.3. The fraction of sp³-hybridized carbons (Fsp3) is 0.389. The van der Waals surface area contributed by atoms with Crippen LogP contribution < -0.4 is 15.8 Å². The van der Waals surface area contributed by atoms with Crippen LogP contribution in [-0.4, -0.2) is 68.6 Å². The van der Waals surface area contributed by atoms with Crippen LogP contribution in [0, 0.1) is 11.8 Å². The first-order chi connectivity index (χ1) is 22.3. The SMILES string of the molecule is CNC(=O)Cc1ccc(-c2ccc3cc(-c4nc5cc(C(=O)N6C[C@H]7CC[C@@H]6[C@@H]7N)cc(OC)c5n4C)n(CC4CC4)c3n2)cc1. The minimum absolute atomic E-state index is 0.00343. The quantitative estimate of drug-likeness (QED) is 0.264. The molecule has 236 valence electrons. The number of nitrogens with one attached hydrogen (secondary N) is 1. The number of nitrogens with zero attached hydrogens (tertiary/aromatic N) is 5. The number of rotatable bonds is 8. The maximum Gasteiger partial charge on any atom is 0.254 e. The van der Waals surface area contributed by atoms with E-state index in [0.29, 0.717) is 29.6 Å². The van der Waals surface area contributed by atoms with E-state index in [0.717, 1.165) is 76.3 Å². The molecule has 0 spiro atoms. The average Bonchev–Trinajstić information content (AvgIpc) is 3.48. The number of methoxy groups -OCH3 is 1. The van der Waals surface area contributed by atoms with Crippen LogP contribution in [0.25, 0.3) is 44.8 Å². The number of likely N-dealkylation sites (tertiary alicyclic amines) is 1. The molecule has 10 nitrogen and oxygen atoms in total. The lowest BCUT2D eigenvalue weighted by atomic mass is 10.1. The van der Waals surface area contributed by atoms with Gasteiger partial charge >= 0.3 is 0 Å². The zero-order chi connectivity index (χ0) is 31.7. The van der Waals surface area contributed by atoms with Crippen molar-refractivity contribution in [2.24, 2.45) is 24.6 Å². The summed E-state index contributed by atoms with van der Waals surface area (Å²) in [4.78, 5) is 37.8. The summed E-state index contributed by atoms with van der Waals surface area (Å²) in [5, 5.41) is 3.73. The minimum atomic E-state index is -0.0109. The van der Waals surface area contributed by atoms with E-state index in [1.807, 2.05) is 54.4 Å². The highest BCUT2D eigenvalue weighted by Gasteiger charge is 2.47. The lowest BCUT2D eigenvalue weighted by Crippen LogP contribution is -2.41. The summed E-state index contributed by atoms with van der Waals surface area (Å²) >= 11 is 0. The maximum atomic E-state index is 13.7. The molecule has 2 aromatic carbocycles. The van der Waals surface area contributed by atoms with Gasteiger partial charge in [-0.05, 0) is 73.4 Å². The predicted octanol–water partition coefficient (Wildman–Crippen LogP) is 4.53. The average molecular weight is 618 g/mol. The molecule has 2 bridgehead atoms. The van der Waals surface area contributed by atoms with Crippen LogP contribution in [0.2, 0.25) is 0 Å². The Kier molecular flexibility index (Phi) is 6.86. The van der Waals surface area contributed by atoms with Gasteiger partial charge in [0.2, 0.25) is 5.91 Å². The second kappa shape index (κ2) is 11.0. The Hall–Kier alpha value is -4.70. The highest BCUT2D eigenvalue weighted by molar-refractivity contribution is 6.00. The second-order valence-electron chi connectivity index (χ2n) is 13.2. The summed E-state index contributed by atoms with van der Waals surface area (Å²) in [6.45, 7) is 1.58. The van der Waals surface area contributed by atoms with E-state index in [2.05, 4.69) is 26.6 Å². The summed E-state index contributed by atoms with van der Waals surface area (Å²) in [6, 6.07) is 18.3. The molecule has 3 fully saturated rings. The summed E-state index contributed by atoms with van der Waals surface area (Å²) in [7, 11) is 5.30. The van der Waals surface area contributed by atoms with E-state index in [4.69, 9.17) is 20.4 Å². The van der Waals surface area contributed by atoms with Gasteiger partial charge in [-0.15, -0.1) is 0 Å². The number of likely N-dealkylation sites (N-methyl/N-ethyl adjacent to an activating group) is 1. The first-order valence-corrected chi connectivity index (χ1v) is 16.2. The van der Waals surface area contributed by atoms with E-state index in [9.17, 15) is 9.59 Å². The van der Waals surface area contributed by atoms with Gasteiger partial charge in [0.15, 0.2) is 5.82 Å². The van der Waals surface area contributed by atoms with Gasteiger partial charge in [-0.2, -0.15) is 0 Å². The molecule has 4 heterocycles. The van der Waals surface area contributed by atoms with E-state index in [1.165, 1.54) is 12.8 Å². The molecule has 1 saturated heterocycles. The van der Waals surface area contributed by atoms with Gasteiger partial charge in [-0.25, -0.2) is 9.97 Å². The molecule has 3 atom stereocenters. The highest BCUT2D eigenvalue weighted by atomic mass is 16.5. The molecule has 2 saturated carbocycles. The molecule has 3 N–H and O–H groups in total. The Labute approximate surface area is 267 Å². The van der Waals surface area contributed by atoms with Crippen molar-refractivity contribution in [1.29, 1.82) is 0 Å². The molecule has 3 aliphatic rings. The third-order valence-electron chi connectivity index (χ3n) is 10.3. The molecule has 0 unspecified atom stereocenters. The van der Waals surface area contributed by atoms with Gasteiger partial charge in [0.1, 0.15) is 16.9 Å². The maximum absolute atomic E-state index is 13.7. The number of imidazole rings is 1. The molecular formula is C36H39N7O3. The van der Waals surface area contributed by atoms with Crippen LogP contribution in [-0.2, 0) is 24.8 Å². The van der Waals surface area contributed by atoms with Gasteiger partial charge in [-0.3, -0.25) is 9.59 Å². The Bertz CT molecular complexity index is 2010. The molecule has 2 amide bonds. The third kappa shape index (κ3) is 4.74. The van der Waals surface area contributed by atoms with E-state index < -0.39 is 0 Å². The molecule has 0 radical (unpaired) electrons. The predicted molar refractivity (Wildman–Crippen MR) is 177 cm³/mol. The Morgan fingerprint density at radius 1 is 1.02 bits per heavy atom. The Balaban J connectivity index is 1.19. The lowest BCUT2D eigenvalue weighted by Gasteiger charge is -2.27. The van der Waals surface area contributed by atoms with Crippen molar-refractivity contribution >= 4 is 33.9 Å². The number of carbonyl (C=O) groups is 2. The molecule has 5 aromatic rings. The van der Waals surface area contributed by atoms with Gasteiger partial charge in [0.05, 0.1) is 30.4 Å². The number of pyridine rings is 1. The number of benzene rings is 2. The number of amides is 2. The second-order valence-corrected chi connectivity index (χ2v) is 13.2. The molecule has 10 heteroatoms. The van der Waals surface area contributed by atoms with E-state index >= 15 is 0 Å². The minimum Gasteiger partial charge on any atom is -0.494 e. The van der Waals surface area contributed by atoms with Gasteiger partial charge in [-0.1, -0.05) is 24.3 Å². The number of piperidine rings is 1. The van der Waals surface area contributed by atoms with Crippen LogP contribution in [0.5, 0.6) is 5.75 Å². The normalized spacial score (nSPS) is 20.6. The van der Waals surface area contributed by atoms with Crippen LogP contribution in [0.3, 0.4) is 0 Å². The summed E-state index contributed by atoms with van der Waals surface area (Å²) in [6.07, 6.45) is 4.82. The standard InChI is InChI=1S/C36H39N7O3/c1-38-31(44)14-20-6-8-22(9-7-20)26-12-10-23-16-29(42(34(23)39-26)18-21-4-5-21)35-40-27-15-25(17-30(46-3)33(27)41(35)2)36(45)43-19-24-11-13-28(43)32(24)37/h6-10,12,15-17,21,24,28,32H,4-5,11,13-14,18-19,37H2,1-3H3,(H,38,44)/t24-,28-,32-/m1/s1. The topological polar surface area (TPSA) is 120 Å². The molecule has 2 aliphatic carbocycles. The van der Waals surface area contributed by atoms with Crippen LogP contribution in [0.1, 0.15) is 41.6 Å². The number of ether oxygens (including phenoxy) is 1. The van der Waals surface area contributed by atoms with Gasteiger partial charge in [0.25, 0.3) is 5.91 Å². The number of carbonyl (C=O) groups excluding carboxylic acids is 2. The largest absolute Gasteiger partial charge is 0.494 e. The van der Waals surface area contributed by atoms with Crippen molar-refractivity contribution in [3.8, 4) is 28.5 Å². The van der Waals surface area contributed by atoms with Crippen molar-refractivity contribution in [2.75, 3.05) is 20.7 Å². The van der Waals surface area contributed by atoms with Crippen molar-refractivity contribution in [2.45, 2.75) is 50.7 Å². The van der Waals surface area contributed by atoms with E-state index in [-0.39, 0.29) is 23.9 Å². The van der Waals surface area contributed by atoms with Gasteiger partial charge in [0, 0.05) is 55.8 Å². The summed E-state index contributed by atoms with van der Waals surface area (Å²) in [5.74, 6) is 2.41. The first kappa shape index (κ1) is 28.8. The fourth-order valence-corrected chi connectivity index (χ4v) is 7.55. The lowest BCUT2D eigenvalue weighted by molar-refractivity contribution is -0.119. The molecule has 3 aromatic heterocycles. The number of aryl methyl sites for hydroxylation is 1. The van der Waals surface area contributed by atoms with Gasteiger partial charge < -0.3 is 29.8 Å². The Morgan fingerprint density at radius 2 is 1.83 bits per heavy atom. The molecule has 8 rings (SSSR count). The first-order valence-electron chi connectivity index (χ1n) is 16.2. The molecule has 46 heavy (non-hydrogen) atoms. The van der Waals surface area contributed by atoms with E-state index in [1.54, 1.807) is 14.2 Å². The Morgan fingerprint density at radius 3 is 2.50 bits per heavy atom. The zero-order valence-corrected chi connectivity index (χ0v) is 26.5. The van der Waals surface area contributed by atoms with Crippen LogP contribution >= 0.6 is 0 Å². The fourth-order valence-electron chi connectivity index (χ4n) is 7.55. The van der Waals surface area contributed by atoms with Crippen molar-refractivity contribution in [3.05, 3.63) is 65.7 Å². The van der Waals surface area contributed by atoms with Crippen LogP contribution in [0.4, 0.5) is 0 Å². The van der Waals surface area contributed by atoms with Crippen molar-refractivity contribution in [3.63, 3.8) is 0 Å². The number of hydrogen-bond donors (Lipinski definition) is 2. The zero-order valence-electron chi connectivity index (χ0n) is 26.5. The molecular weight excluding hydrogens is 578 g/mol. The highest BCUT2D eigenvalue weighted by Crippen LogP contribution is 2.40. The van der Waals surface area contributed by atoms with Crippen LogP contribution in [0.15, 0.2) is 54.6 Å². The monoisotopic (exact) mass is 617 g/mol. The number of nitrogens with two attached hydrogens (primary N) is 1. The van der Waals surface area contributed by atoms with Crippen molar-refractivity contribution in [1.82, 2.24) is 29.3 Å². The summed E-state index contributed by atoms with van der Waals surface area (Å²) < 4.78 is 10.2. The molecule has 1 aliphatic heterocycles. The van der Waals surface area contributed by atoms with Crippen molar-refractivity contribution < 1.29 is 14.3 Å². The smallest absolute Gasteiger partial charge is 0.254 e.